The van der Waals surface area contributed by atoms with Crippen LogP contribution in [-0.4, -0.2) is 16.0 Å². The fraction of sp³-hybridized carbons (Fsp3) is 0. The second-order valence-electron chi connectivity index (χ2n) is 2.25. The zero-order valence-electron chi connectivity index (χ0n) is 6.43. The van der Waals surface area contributed by atoms with Crippen LogP contribution in [0.4, 0.5) is 6.01 Å². The first-order valence-electron chi connectivity index (χ1n) is 3.44. The zero-order valence-corrected chi connectivity index (χ0v) is 7.25. The maximum absolute atomic E-state index is 11.5. The molecular weight excluding hydrogens is 190 g/mol. The van der Waals surface area contributed by atoms with Crippen molar-refractivity contribution in [3.63, 3.8) is 0 Å². The quantitative estimate of drug-likeness (QED) is 0.721. The number of carbonyl (C=O) groups is 1. The average molecular weight is 195 g/mol. The van der Waals surface area contributed by atoms with Gasteiger partial charge in [-0.05, 0) is 11.4 Å². The minimum absolute atomic E-state index is 0.0695. The van der Waals surface area contributed by atoms with Crippen LogP contribution in [0.3, 0.4) is 0 Å². The normalized spacial score (nSPS) is 10.2. The molecule has 0 spiro atoms. The van der Waals surface area contributed by atoms with E-state index in [0.717, 1.165) is 0 Å². The summed E-state index contributed by atoms with van der Waals surface area (Å²) in [6.07, 6.45) is 0. The first-order chi connectivity index (χ1) is 6.27. The smallest absolute Gasteiger partial charge is 0.313 e. The average Bonchev–Trinajstić information content (AvgIpc) is 2.72. The van der Waals surface area contributed by atoms with Crippen LogP contribution in [-0.2, 0) is 0 Å². The molecule has 5 nitrogen and oxygen atoms in total. The van der Waals surface area contributed by atoms with Gasteiger partial charge in [0.15, 0.2) is 0 Å². The molecule has 66 valence electrons. The van der Waals surface area contributed by atoms with Gasteiger partial charge in [0.1, 0.15) is 0 Å². The monoisotopic (exact) mass is 195 g/mol. The molecule has 2 heterocycles. The summed E-state index contributed by atoms with van der Waals surface area (Å²) in [4.78, 5) is 12.0. The Morgan fingerprint density at radius 1 is 1.54 bits per heavy atom. The second-order valence-corrected chi connectivity index (χ2v) is 3.20. The van der Waals surface area contributed by atoms with Gasteiger partial charge in [0, 0.05) is 0 Å². The van der Waals surface area contributed by atoms with Crippen LogP contribution in [0.2, 0.25) is 0 Å². The number of anilines is 1. The van der Waals surface area contributed by atoms with E-state index in [1.54, 1.807) is 17.5 Å². The number of nitrogens with two attached hydrogens (primary N) is 1. The zero-order chi connectivity index (χ0) is 9.26. The Morgan fingerprint density at radius 2 is 2.38 bits per heavy atom. The van der Waals surface area contributed by atoms with Crippen molar-refractivity contribution in [2.24, 2.45) is 0 Å². The third kappa shape index (κ3) is 1.43. The maximum Gasteiger partial charge on any atom is 0.313 e. The van der Waals surface area contributed by atoms with Crippen molar-refractivity contribution >= 4 is 23.1 Å². The van der Waals surface area contributed by atoms with Crippen molar-refractivity contribution in [1.29, 1.82) is 0 Å². The molecule has 0 saturated carbocycles. The summed E-state index contributed by atoms with van der Waals surface area (Å²) in [5, 5.41) is 8.68. The van der Waals surface area contributed by atoms with Crippen molar-refractivity contribution in [2.75, 3.05) is 5.73 Å². The first-order valence-corrected chi connectivity index (χ1v) is 4.32. The minimum atomic E-state index is -0.292. The maximum atomic E-state index is 11.5. The molecule has 0 aliphatic carbocycles. The highest BCUT2D eigenvalue weighted by Crippen LogP contribution is 2.14. The number of nitrogen functional groups attached to an aromatic ring is 1. The van der Waals surface area contributed by atoms with Crippen LogP contribution >= 0.6 is 11.3 Å². The summed E-state index contributed by atoms with van der Waals surface area (Å²) >= 11 is 1.32. The van der Waals surface area contributed by atoms with Gasteiger partial charge < -0.3 is 10.2 Å². The molecule has 0 saturated heterocycles. The Kier molecular flexibility index (Phi) is 1.82. The first kappa shape index (κ1) is 7.93. The molecule has 13 heavy (non-hydrogen) atoms. The van der Waals surface area contributed by atoms with Crippen LogP contribution in [0.1, 0.15) is 15.6 Å². The number of hydrogen-bond acceptors (Lipinski definition) is 6. The van der Waals surface area contributed by atoms with Gasteiger partial charge in [-0.2, -0.15) is 0 Å². The van der Waals surface area contributed by atoms with Gasteiger partial charge in [0.2, 0.25) is 0 Å². The lowest BCUT2D eigenvalue weighted by Gasteiger charge is -1.87. The second kappa shape index (κ2) is 2.98. The molecular formula is C7H5N3O2S. The molecule has 0 amide bonds. The molecule has 2 aromatic rings. The van der Waals surface area contributed by atoms with Crippen molar-refractivity contribution in [3.05, 3.63) is 28.3 Å². The van der Waals surface area contributed by atoms with Crippen LogP contribution in [0.25, 0.3) is 0 Å². The SMILES string of the molecule is Nc1nnc(C(=O)c2cccs2)o1. The van der Waals surface area contributed by atoms with E-state index in [4.69, 9.17) is 10.2 Å². The molecule has 0 bridgehead atoms. The lowest BCUT2D eigenvalue weighted by atomic mass is 10.3. The van der Waals surface area contributed by atoms with Crippen molar-refractivity contribution in [2.45, 2.75) is 0 Å². The Labute approximate surface area is 77.2 Å². The van der Waals surface area contributed by atoms with Crippen molar-refractivity contribution in [1.82, 2.24) is 10.2 Å². The standard InChI is InChI=1S/C7H5N3O2S/c8-7-10-9-6(12-7)5(11)4-2-1-3-13-4/h1-3H,(H2,8,10). The lowest BCUT2D eigenvalue weighted by Crippen LogP contribution is -1.98. The van der Waals surface area contributed by atoms with Gasteiger partial charge in [-0.1, -0.05) is 11.2 Å². The Hall–Kier alpha value is -1.69. The Bertz CT molecular complexity index is 421. The number of carbonyl (C=O) groups excluding carboxylic acids is 1. The summed E-state index contributed by atoms with van der Waals surface area (Å²) in [5.74, 6) is -0.362. The third-order valence-corrected chi connectivity index (χ3v) is 2.25. The van der Waals surface area contributed by atoms with Gasteiger partial charge >= 0.3 is 6.01 Å². The third-order valence-electron chi connectivity index (χ3n) is 1.38. The van der Waals surface area contributed by atoms with E-state index >= 15 is 0 Å². The lowest BCUT2D eigenvalue weighted by molar-refractivity contribution is 0.101. The molecule has 0 aliphatic rings. The highest BCUT2D eigenvalue weighted by molar-refractivity contribution is 7.12. The summed E-state index contributed by atoms with van der Waals surface area (Å²) in [7, 11) is 0. The number of thiophene rings is 1. The largest absolute Gasteiger partial charge is 0.400 e. The van der Waals surface area contributed by atoms with Crippen LogP contribution < -0.4 is 5.73 Å². The van der Waals surface area contributed by atoms with E-state index in [1.807, 2.05) is 0 Å². The summed E-state index contributed by atoms with van der Waals surface area (Å²) < 4.78 is 4.78. The Morgan fingerprint density at radius 3 is 2.92 bits per heavy atom. The number of aromatic nitrogens is 2. The number of ketones is 1. The van der Waals surface area contributed by atoms with Crippen molar-refractivity contribution < 1.29 is 9.21 Å². The van der Waals surface area contributed by atoms with E-state index in [2.05, 4.69) is 10.2 Å². The van der Waals surface area contributed by atoms with Gasteiger partial charge in [-0.15, -0.1) is 16.4 Å². The Balaban J connectivity index is 2.33. The molecule has 0 radical (unpaired) electrons. The molecule has 2 aromatic heterocycles. The van der Waals surface area contributed by atoms with Gasteiger partial charge in [-0.25, -0.2) is 0 Å². The fourth-order valence-corrected chi connectivity index (χ4v) is 1.49. The molecule has 6 heteroatoms. The van der Waals surface area contributed by atoms with Crippen LogP contribution in [0.15, 0.2) is 21.9 Å². The van der Waals surface area contributed by atoms with E-state index in [9.17, 15) is 4.79 Å². The fourth-order valence-electron chi connectivity index (χ4n) is 0.839. The summed E-state index contributed by atoms with van der Waals surface area (Å²) in [6.45, 7) is 0. The van der Waals surface area contributed by atoms with E-state index in [-0.39, 0.29) is 17.7 Å². The molecule has 0 fully saturated rings. The van der Waals surface area contributed by atoms with Gasteiger partial charge in [0.05, 0.1) is 4.88 Å². The van der Waals surface area contributed by atoms with Crippen LogP contribution in [0, 0.1) is 0 Å². The van der Waals surface area contributed by atoms with Gasteiger partial charge in [-0.3, -0.25) is 4.79 Å². The predicted octanol–water partition coefficient (Wildman–Crippen LogP) is 0.944. The number of hydrogen-bond donors (Lipinski definition) is 1. The molecule has 2 rings (SSSR count). The van der Waals surface area contributed by atoms with E-state index in [0.29, 0.717) is 4.88 Å². The molecule has 0 unspecified atom stereocenters. The van der Waals surface area contributed by atoms with E-state index < -0.39 is 0 Å². The van der Waals surface area contributed by atoms with Crippen molar-refractivity contribution in [3.8, 4) is 0 Å². The van der Waals surface area contributed by atoms with E-state index in [1.165, 1.54) is 11.3 Å². The van der Waals surface area contributed by atoms with Gasteiger partial charge in [0.25, 0.3) is 11.7 Å². The molecule has 0 atom stereocenters. The minimum Gasteiger partial charge on any atom is -0.400 e. The summed E-state index contributed by atoms with van der Waals surface area (Å²) in [6, 6.07) is 3.37. The van der Waals surface area contributed by atoms with Crippen LogP contribution in [0.5, 0.6) is 0 Å². The number of nitrogens with zero attached hydrogens (tertiary/aromatic N) is 2. The highest BCUT2D eigenvalue weighted by atomic mass is 32.1. The molecule has 2 N–H and O–H groups in total. The topological polar surface area (TPSA) is 82.0 Å². The molecule has 0 aromatic carbocycles. The number of rotatable bonds is 2. The predicted molar refractivity (Wildman–Crippen MR) is 46.5 cm³/mol. The highest BCUT2D eigenvalue weighted by Gasteiger charge is 2.16. The molecule has 0 aliphatic heterocycles. The summed E-state index contributed by atoms with van der Waals surface area (Å²) in [5.41, 5.74) is 5.18.